The molecule has 5 rings (SSSR count). The van der Waals surface area contributed by atoms with Gasteiger partial charge in [-0.3, -0.25) is 9.36 Å². The van der Waals surface area contributed by atoms with E-state index in [1.165, 1.54) is 10.3 Å². The first kappa shape index (κ1) is 20.5. The quantitative estimate of drug-likeness (QED) is 0.430. The maximum absolute atomic E-state index is 13.4. The second kappa shape index (κ2) is 7.31. The molecular formula is C25H23N3O3S. The molecule has 0 N–H and O–H groups in total. The predicted octanol–water partition coefficient (Wildman–Crippen LogP) is 4.67. The van der Waals surface area contributed by atoms with Crippen LogP contribution >= 0.6 is 0 Å². The van der Waals surface area contributed by atoms with E-state index in [4.69, 9.17) is 0 Å². The summed E-state index contributed by atoms with van der Waals surface area (Å²) in [6.45, 7) is 5.67. The van der Waals surface area contributed by atoms with E-state index in [-0.39, 0.29) is 10.8 Å². The highest BCUT2D eigenvalue weighted by Crippen LogP contribution is 2.32. The van der Waals surface area contributed by atoms with Crippen LogP contribution in [0.2, 0.25) is 0 Å². The lowest BCUT2D eigenvalue weighted by Gasteiger charge is -2.18. The smallest absolute Gasteiger partial charge is 0.269 e. The average molecular weight is 446 g/mol. The third-order valence-electron chi connectivity index (χ3n) is 6.25. The van der Waals surface area contributed by atoms with Crippen molar-refractivity contribution in [2.24, 2.45) is 0 Å². The molecule has 2 aromatic carbocycles. The first-order valence-corrected chi connectivity index (χ1v) is 11.9. The number of carbonyl (C=O) groups is 1. The van der Waals surface area contributed by atoms with Crippen molar-refractivity contribution < 1.29 is 13.2 Å². The van der Waals surface area contributed by atoms with Crippen molar-refractivity contribution >= 4 is 32.9 Å². The Kier molecular flexibility index (Phi) is 4.67. The van der Waals surface area contributed by atoms with E-state index in [0.717, 1.165) is 34.1 Å². The number of nitrogens with zero attached hydrogens (tertiary/aromatic N) is 3. The molecule has 0 atom stereocenters. The minimum Gasteiger partial charge on any atom is -0.280 e. The van der Waals surface area contributed by atoms with Gasteiger partial charge in [-0.25, -0.2) is 17.4 Å². The molecule has 0 saturated carbocycles. The fourth-order valence-electron chi connectivity index (χ4n) is 4.40. The van der Waals surface area contributed by atoms with Crippen molar-refractivity contribution in [1.82, 2.24) is 13.5 Å². The topological polar surface area (TPSA) is 74.0 Å². The third-order valence-corrected chi connectivity index (χ3v) is 8.01. The zero-order chi connectivity index (χ0) is 22.6. The largest absolute Gasteiger partial charge is 0.280 e. The number of fused-ring (bicyclic) bond motifs is 3. The van der Waals surface area contributed by atoms with Crippen molar-refractivity contribution in [1.29, 1.82) is 0 Å². The lowest BCUT2D eigenvalue weighted by atomic mass is 10.00. The van der Waals surface area contributed by atoms with Crippen LogP contribution in [0.3, 0.4) is 0 Å². The van der Waals surface area contributed by atoms with E-state index in [2.05, 4.69) is 11.9 Å². The molecule has 0 unspecified atom stereocenters. The molecule has 4 aromatic rings. The summed E-state index contributed by atoms with van der Waals surface area (Å²) in [5.74, 6) is -0.0779. The average Bonchev–Trinajstić information content (AvgIpc) is 3.29. The number of allylic oxidation sites excluding steroid dienone is 1. The monoisotopic (exact) mass is 445 g/mol. The molecule has 1 aliphatic heterocycles. The molecule has 0 aliphatic carbocycles. The summed E-state index contributed by atoms with van der Waals surface area (Å²) in [6, 6.07) is 14.6. The summed E-state index contributed by atoms with van der Waals surface area (Å²) in [4.78, 5) is 17.9. The number of para-hydroxylation sites is 1. The Morgan fingerprint density at radius 3 is 2.44 bits per heavy atom. The zero-order valence-electron chi connectivity index (χ0n) is 18.2. The van der Waals surface area contributed by atoms with Gasteiger partial charge >= 0.3 is 0 Å². The van der Waals surface area contributed by atoms with Crippen LogP contribution in [0.15, 0.2) is 65.3 Å². The van der Waals surface area contributed by atoms with E-state index < -0.39 is 10.0 Å². The van der Waals surface area contributed by atoms with Crippen LogP contribution in [0.5, 0.6) is 0 Å². The molecule has 6 nitrogen and oxygen atoms in total. The van der Waals surface area contributed by atoms with Crippen LogP contribution in [0.25, 0.3) is 17.0 Å². The Labute approximate surface area is 186 Å². The molecule has 0 spiro atoms. The molecular weight excluding hydrogens is 422 g/mol. The predicted molar refractivity (Wildman–Crippen MR) is 124 cm³/mol. The number of hydrogen-bond donors (Lipinski definition) is 0. The molecule has 0 bridgehead atoms. The van der Waals surface area contributed by atoms with Gasteiger partial charge in [-0.1, -0.05) is 35.9 Å². The molecule has 162 valence electrons. The second-order valence-electron chi connectivity index (χ2n) is 8.23. The molecule has 32 heavy (non-hydrogen) atoms. The van der Waals surface area contributed by atoms with Gasteiger partial charge in [-0.15, -0.1) is 0 Å². The van der Waals surface area contributed by atoms with Crippen LogP contribution < -0.4 is 0 Å². The summed E-state index contributed by atoms with van der Waals surface area (Å²) >= 11 is 0. The highest BCUT2D eigenvalue weighted by molar-refractivity contribution is 7.90. The van der Waals surface area contributed by atoms with Crippen LogP contribution in [0, 0.1) is 20.8 Å². The Balaban J connectivity index is 1.55. The van der Waals surface area contributed by atoms with E-state index in [0.29, 0.717) is 23.4 Å². The molecule has 7 heteroatoms. The Morgan fingerprint density at radius 2 is 1.69 bits per heavy atom. The van der Waals surface area contributed by atoms with Crippen molar-refractivity contribution in [3.63, 3.8) is 0 Å². The Hall–Kier alpha value is -3.45. The SMILES string of the molecule is Cc1ccc(S(=O)(=O)n2cnc(/C=C3\CCc4c(C)c5ccccc5n4C3=O)c2C)cc1. The summed E-state index contributed by atoms with van der Waals surface area (Å²) in [5.41, 5.74) is 5.65. The minimum absolute atomic E-state index is 0.0779. The number of aryl methyl sites for hydroxylation is 2. The van der Waals surface area contributed by atoms with Crippen molar-refractivity contribution in [3.05, 3.63) is 88.6 Å². The van der Waals surface area contributed by atoms with Crippen LogP contribution in [0.4, 0.5) is 0 Å². The minimum atomic E-state index is -3.76. The zero-order valence-corrected chi connectivity index (χ0v) is 19.0. The number of hydrogen-bond acceptors (Lipinski definition) is 4. The summed E-state index contributed by atoms with van der Waals surface area (Å²) in [7, 11) is -3.76. The highest BCUT2D eigenvalue weighted by Gasteiger charge is 2.27. The maximum Gasteiger partial charge on any atom is 0.269 e. The summed E-state index contributed by atoms with van der Waals surface area (Å²) < 4.78 is 29.1. The van der Waals surface area contributed by atoms with Crippen molar-refractivity contribution in [3.8, 4) is 0 Å². The van der Waals surface area contributed by atoms with Crippen LogP contribution in [-0.2, 0) is 16.4 Å². The van der Waals surface area contributed by atoms with Gasteiger partial charge in [-0.05, 0) is 63.5 Å². The molecule has 0 amide bonds. The lowest BCUT2D eigenvalue weighted by Crippen LogP contribution is -2.22. The summed E-state index contributed by atoms with van der Waals surface area (Å²) in [5, 5.41) is 1.08. The van der Waals surface area contributed by atoms with E-state index in [1.807, 2.05) is 31.2 Å². The van der Waals surface area contributed by atoms with Gasteiger partial charge in [0, 0.05) is 16.7 Å². The number of carbonyl (C=O) groups excluding carboxylic acids is 1. The molecule has 3 heterocycles. The van der Waals surface area contributed by atoms with Gasteiger partial charge in [0.25, 0.3) is 15.9 Å². The van der Waals surface area contributed by atoms with Gasteiger partial charge in [0.2, 0.25) is 0 Å². The Morgan fingerprint density at radius 1 is 0.969 bits per heavy atom. The Bertz CT molecular complexity index is 1520. The molecule has 0 saturated heterocycles. The first-order chi connectivity index (χ1) is 15.3. The number of rotatable bonds is 3. The van der Waals surface area contributed by atoms with Crippen LogP contribution in [0.1, 0.15) is 39.4 Å². The molecule has 2 aromatic heterocycles. The molecule has 0 fully saturated rings. The van der Waals surface area contributed by atoms with E-state index >= 15 is 0 Å². The first-order valence-electron chi connectivity index (χ1n) is 10.5. The lowest BCUT2D eigenvalue weighted by molar-refractivity contribution is 0.0946. The standard InChI is InChI=1S/C25H23N3O3S/c1-16-8-11-20(12-9-16)32(30,31)27-15-26-22(18(27)3)14-19-10-13-23-17(2)21-6-4-5-7-24(21)28(23)25(19)29/h4-9,11-12,14-15H,10,13H2,1-3H3/b19-14+. The van der Waals surface area contributed by atoms with E-state index in [1.54, 1.807) is 41.8 Å². The van der Waals surface area contributed by atoms with Gasteiger partial charge in [0.15, 0.2) is 0 Å². The number of imidazole rings is 1. The van der Waals surface area contributed by atoms with E-state index in [9.17, 15) is 13.2 Å². The fourth-order valence-corrected chi connectivity index (χ4v) is 5.74. The number of benzene rings is 2. The van der Waals surface area contributed by atoms with Crippen molar-refractivity contribution in [2.75, 3.05) is 0 Å². The second-order valence-corrected chi connectivity index (χ2v) is 10.0. The fraction of sp³-hybridized carbons (Fsp3) is 0.200. The number of aromatic nitrogens is 3. The van der Waals surface area contributed by atoms with Gasteiger partial charge < -0.3 is 0 Å². The third kappa shape index (κ3) is 3.04. The van der Waals surface area contributed by atoms with Gasteiger partial charge in [0.05, 0.1) is 21.8 Å². The molecule has 1 aliphatic rings. The normalized spacial score (nSPS) is 15.5. The maximum atomic E-state index is 13.4. The highest BCUT2D eigenvalue weighted by atomic mass is 32.2. The van der Waals surface area contributed by atoms with Crippen LogP contribution in [-0.4, -0.2) is 27.8 Å². The van der Waals surface area contributed by atoms with Crippen molar-refractivity contribution in [2.45, 2.75) is 38.5 Å². The molecule has 0 radical (unpaired) electrons. The summed E-state index contributed by atoms with van der Waals surface area (Å²) in [6.07, 6.45) is 4.38. The van der Waals surface area contributed by atoms with Gasteiger partial charge in [-0.2, -0.15) is 0 Å². The van der Waals surface area contributed by atoms with Gasteiger partial charge in [0.1, 0.15) is 6.33 Å².